The topological polar surface area (TPSA) is 98.9 Å². The first-order chi connectivity index (χ1) is 10.4. The minimum Gasteiger partial charge on any atom is -0.465 e. The van der Waals surface area contributed by atoms with Gasteiger partial charge in [0, 0.05) is 11.8 Å². The maximum absolute atomic E-state index is 11.3. The average molecular weight is 468 g/mol. The van der Waals surface area contributed by atoms with Crippen molar-refractivity contribution in [3.63, 3.8) is 0 Å². The van der Waals surface area contributed by atoms with Crippen molar-refractivity contribution in [2.75, 3.05) is 13.2 Å². The molecule has 1 saturated heterocycles. The summed E-state index contributed by atoms with van der Waals surface area (Å²) in [5.41, 5.74) is 4.03. The molecular formula is C10H9Cl6NO5S. The lowest BCUT2D eigenvalue weighted by atomic mass is 9.83. The van der Waals surface area contributed by atoms with Gasteiger partial charge in [0.05, 0.1) is 23.3 Å². The Morgan fingerprint density at radius 3 is 1.70 bits per heavy atom. The molecule has 0 radical (unpaired) electrons. The zero-order valence-electron chi connectivity index (χ0n) is 10.9. The van der Waals surface area contributed by atoms with Crippen LogP contribution in [0.3, 0.4) is 0 Å². The van der Waals surface area contributed by atoms with Crippen LogP contribution in [0, 0.1) is 11.8 Å². The van der Waals surface area contributed by atoms with E-state index in [9.17, 15) is 4.21 Å². The van der Waals surface area contributed by atoms with Gasteiger partial charge in [-0.15, -0.1) is 23.2 Å². The number of carbonyl (C=O) groups is 1. The lowest BCUT2D eigenvalue weighted by Gasteiger charge is -2.33. The minimum atomic E-state index is -1.86. The Kier molecular flexibility index (Phi) is 5.71. The lowest BCUT2D eigenvalue weighted by Crippen LogP contribution is -2.45. The van der Waals surface area contributed by atoms with Crippen molar-refractivity contribution in [3.05, 3.63) is 10.1 Å². The van der Waals surface area contributed by atoms with Crippen molar-refractivity contribution in [1.29, 1.82) is 0 Å². The van der Waals surface area contributed by atoms with E-state index in [0.717, 1.165) is 0 Å². The summed E-state index contributed by atoms with van der Waals surface area (Å²) < 4.78 is 19.7. The van der Waals surface area contributed by atoms with Crippen LogP contribution in [0.15, 0.2) is 10.1 Å². The van der Waals surface area contributed by atoms with Gasteiger partial charge >= 0.3 is 17.5 Å². The van der Waals surface area contributed by atoms with Crippen LogP contribution in [0.4, 0.5) is 4.79 Å². The Morgan fingerprint density at radius 1 is 1.09 bits per heavy atom. The molecule has 0 spiro atoms. The van der Waals surface area contributed by atoms with Crippen LogP contribution in [0.25, 0.3) is 0 Å². The monoisotopic (exact) mass is 465 g/mol. The van der Waals surface area contributed by atoms with Crippen LogP contribution in [0.5, 0.6) is 0 Å². The fraction of sp³-hybridized carbons (Fsp3) is 0.700. The molecule has 2 fully saturated rings. The Balaban J connectivity index is 0.000000433. The molecular weight excluding hydrogens is 459 g/mol. The summed E-state index contributed by atoms with van der Waals surface area (Å²) >= 11 is 36.4. The van der Waals surface area contributed by atoms with Crippen LogP contribution in [-0.4, -0.2) is 42.7 Å². The number of nitrogens with two attached hydrogens (primary N) is 1. The zero-order chi connectivity index (χ0) is 17.8. The second kappa shape index (κ2) is 6.52. The molecule has 1 saturated carbocycles. The molecule has 0 aromatic rings. The first kappa shape index (κ1) is 20.1. The number of amides is 1. The quantitative estimate of drug-likeness (QED) is 0.532. The van der Waals surface area contributed by atoms with Gasteiger partial charge in [0.25, 0.3) is 0 Å². The fourth-order valence-electron chi connectivity index (χ4n) is 2.96. The standard InChI is InChI=1S/C9H6Cl6O3S.CH3NO2/c10-5-6(11)8(13)4-2-18-19(16)17-1-3(4)7(5,12)9(8,14)15;2-1(3)4/h3-4H,1-2H2;2H2,(H,3,4). The summed E-state index contributed by atoms with van der Waals surface area (Å²) in [7, 11) is 0. The second-order valence-corrected chi connectivity index (χ2v) is 9.11. The summed E-state index contributed by atoms with van der Waals surface area (Å²) in [6, 6.07) is 0. The van der Waals surface area contributed by atoms with Crippen LogP contribution in [-0.2, 0) is 19.7 Å². The summed E-state index contributed by atoms with van der Waals surface area (Å²) in [5, 5.41) is 7.40. The molecule has 4 unspecified atom stereocenters. The van der Waals surface area contributed by atoms with E-state index in [2.05, 4.69) is 5.73 Å². The van der Waals surface area contributed by atoms with Crippen molar-refractivity contribution in [1.82, 2.24) is 0 Å². The molecule has 0 aromatic carbocycles. The van der Waals surface area contributed by atoms with E-state index in [-0.39, 0.29) is 23.3 Å². The molecule has 3 N–H and O–H groups in total. The van der Waals surface area contributed by atoms with E-state index in [0.29, 0.717) is 0 Å². The van der Waals surface area contributed by atoms with Crippen molar-refractivity contribution in [3.8, 4) is 0 Å². The van der Waals surface area contributed by atoms with Gasteiger partial charge in [0.15, 0.2) is 4.33 Å². The smallest absolute Gasteiger partial charge is 0.402 e. The van der Waals surface area contributed by atoms with Crippen LogP contribution < -0.4 is 5.73 Å². The highest BCUT2D eigenvalue weighted by Gasteiger charge is 2.82. The van der Waals surface area contributed by atoms with E-state index < -0.39 is 43.4 Å². The lowest BCUT2D eigenvalue weighted by molar-refractivity contribution is 0.205. The number of hydrogen-bond acceptors (Lipinski definition) is 4. The summed E-state index contributed by atoms with van der Waals surface area (Å²) in [6.45, 7) is 0.0215. The molecule has 4 atom stereocenters. The van der Waals surface area contributed by atoms with Gasteiger partial charge in [-0.3, -0.25) is 8.37 Å². The van der Waals surface area contributed by atoms with E-state index in [1.54, 1.807) is 0 Å². The van der Waals surface area contributed by atoms with E-state index in [4.69, 9.17) is 87.9 Å². The van der Waals surface area contributed by atoms with E-state index in [1.165, 1.54) is 0 Å². The first-order valence-electron chi connectivity index (χ1n) is 5.90. The van der Waals surface area contributed by atoms with Crippen LogP contribution in [0.1, 0.15) is 0 Å². The van der Waals surface area contributed by atoms with Gasteiger partial charge in [-0.2, -0.15) is 4.21 Å². The molecule has 3 rings (SSSR count). The number of rotatable bonds is 0. The summed E-state index contributed by atoms with van der Waals surface area (Å²) in [4.78, 5) is 6.00. The second-order valence-electron chi connectivity index (χ2n) is 4.95. The van der Waals surface area contributed by atoms with Gasteiger partial charge in [-0.1, -0.05) is 46.4 Å². The van der Waals surface area contributed by atoms with Crippen LogP contribution in [0.2, 0.25) is 0 Å². The number of halogens is 6. The number of carboxylic acid groups (broad SMARTS) is 1. The van der Waals surface area contributed by atoms with Gasteiger partial charge in [0.2, 0.25) is 0 Å². The Labute approximate surface area is 163 Å². The largest absolute Gasteiger partial charge is 0.465 e. The third-order valence-electron chi connectivity index (χ3n) is 3.94. The Morgan fingerprint density at radius 2 is 1.39 bits per heavy atom. The number of fused-ring (bicyclic) bond motifs is 5. The fourth-order valence-corrected chi connectivity index (χ4v) is 6.60. The number of alkyl halides is 4. The van der Waals surface area contributed by atoms with Gasteiger partial charge in [-0.05, 0) is 0 Å². The Bertz CT molecular complexity index is 558. The normalized spacial score (nSPS) is 44.2. The molecule has 3 aliphatic rings. The zero-order valence-corrected chi connectivity index (χ0v) is 16.3. The molecule has 23 heavy (non-hydrogen) atoms. The molecule has 1 amide bonds. The molecule has 0 aromatic heterocycles. The predicted octanol–water partition coefficient (Wildman–Crippen LogP) is 3.31. The van der Waals surface area contributed by atoms with E-state index >= 15 is 0 Å². The highest BCUT2D eigenvalue weighted by Crippen LogP contribution is 2.76. The molecule has 1 aliphatic heterocycles. The first-order valence-corrected chi connectivity index (χ1v) is 9.17. The van der Waals surface area contributed by atoms with E-state index in [1.807, 2.05) is 0 Å². The van der Waals surface area contributed by atoms with Crippen molar-refractivity contribution in [2.45, 2.75) is 14.1 Å². The van der Waals surface area contributed by atoms with Crippen LogP contribution >= 0.6 is 69.6 Å². The number of primary amides is 1. The van der Waals surface area contributed by atoms with Crippen molar-refractivity contribution >= 4 is 87.1 Å². The van der Waals surface area contributed by atoms with Gasteiger partial charge in [-0.25, -0.2) is 4.79 Å². The predicted molar refractivity (Wildman–Crippen MR) is 89.6 cm³/mol. The SMILES string of the molecule is NC(=O)O.O=S1OCC2C(CO1)C1(Cl)C(Cl)=C(Cl)C2(Cl)C1(Cl)Cl. The highest BCUT2D eigenvalue weighted by atomic mass is 35.5. The molecule has 2 bridgehead atoms. The third-order valence-corrected chi connectivity index (χ3v) is 8.95. The Hall–Kier alpha value is 0.820. The highest BCUT2D eigenvalue weighted by molar-refractivity contribution is 7.75. The molecule has 1 heterocycles. The maximum atomic E-state index is 11.3. The van der Waals surface area contributed by atoms with Crippen molar-refractivity contribution < 1.29 is 22.5 Å². The van der Waals surface area contributed by atoms with Gasteiger partial charge in [0.1, 0.15) is 9.75 Å². The molecule has 6 nitrogen and oxygen atoms in total. The summed E-state index contributed by atoms with van der Waals surface area (Å²) in [6.07, 6.45) is -1.33. The van der Waals surface area contributed by atoms with Crippen molar-refractivity contribution in [2.24, 2.45) is 17.6 Å². The molecule has 13 heteroatoms. The molecule has 132 valence electrons. The van der Waals surface area contributed by atoms with Gasteiger partial charge < -0.3 is 10.8 Å². The minimum absolute atomic E-state index is 0.0107. The average Bonchev–Trinajstić information content (AvgIpc) is 2.63. The third kappa shape index (κ3) is 2.67. The number of allylic oxidation sites excluding steroid dienone is 2. The summed E-state index contributed by atoms with van der Waals surface area (Å²) in [5.74, 6) is -0.911. The number of hydrogen-bond donors (Lipinski definition) is 2. The maximum Gasteiger partial charge on any atom is 0.402 e. The molecule has 2 aliphatic carbocycles.